The van der Waals surface area contributed by atoms with Gasteiger partial charge in [0.05, 0.1) is 25.4 Å². The molecule has 69 heavy (non-hydrogen) atoms. The zero-order chi connectivity index (χ0) is 51.3. The summed E-state index contributed by atoms with van der Waals surface area (Å²) in [5.41, 5.74) is 9.54. The van der Waals surface area contributed by atoms with E-state index in [2.05, 4.69) is 128 Å². The normalized spacial score (nSPS) is 18.2. The highest BCUT2D eigenvalue weighted by Gasteiger charge is 2.51. The maximum absolute atomic E-state index is 14.0. The molecular formula is C54H83N3O9Si3. The van der Waals surface area contributed by atoms with Crippen molar-refractivity contribution in [2.75, 3.05) is 33.7 Å². The third-order valence-corrected chi connectivity index (χ3v) is 24.3. The van der Waals surface area contributed by atoms with Crippen molar-refractivity contribution in [2.24, 2.45) is 17.0 Å². The Morgan fingerprint density at radius 2 is 1.49 bits per heavy atom. The summed E-state index contributed by atoms with van der Waals surface area (Å²) < 4.78 is 44.1. The molecule has 0 radical (unpaired) electrons. The SMILES string of the molecule is COCOc1ccc(OCCCN=[N+]=[N-])c(/C=C/C[C@@H]2OC(C)(C)O[C@@H]2C(/C=C\[C@@H](C)[C@H](C)CC(C)(C)[Si](O)(c2ccccc2)c2ccccc2)O[Si](C)(C)C(C)(C)C)c1C(=O)OCC[Si](C)(C)C. The van der Waals surface area contributed by atoms with Gasteiger partial charge in [-0.05, 0) is 102 Å². The van der Waals surface area contributed by atoms with Gasteiger partial charge in [-0.3, -0.25) is 0 Å². The van der Waals surface area contributed by atoms with Crippen LogP contribution in [0.5, 0.6) is 11.5 Å². The zero-order valence-electron chi connectivity index (χ0n) is 44.3. The number of azide groups is 1. The second-order valence-corrected chi connectivity index (χ2v) is 36.7. The largest absolute Gasteiger partial charge is 0.493 e. The van der Waals surface area contributed by atoms with Crippen LogP contribution in [0.1, 0.15) is 97.5 Å². The smallest absolute Gasteiger partial charge is 0.342 e. The van der Waals surface area contributed by atoms with Gasteiger partial charge in [-0.2, -0.15) is 0 Å². The molecule has 0 aliphatic carbocycles. The predicted octanol–water partition coefficient (Wildman–Crippen LogP) is 12.3. The third-order valence-electron chi connectivity index (χ3n) is 13.6. The van der Waals surface area contributed by atoms with Crippen molar-refractivity contribution in [3.8, 4) is 11.5 Å². The van der Waals surface area contributed by atoms with Gasteiger partial charge in [0.25, 0.3) is 8.32 Å². The average Bonchev–Trinajstić information content (AvgIpc) is 3.59. The molecule has 0 saturated carbocycles. The number of methoxy groups -OCH3 is 1. The van der Waals surface area contributed by atoms with Gasteiger partial charge >= 0.3 is 5.97 Å². The minimum absolute atomic E-state index is 0.0711. The maximum Gasteiger partial charge on any atom is 0.342 e. The van der Waals surface area contributed by atoms with E-state index in [0.717, 1.165) is 22.8 Å². The van der Waals surface area contributed by atoms with Gasteiger partial charge in [0.2, 0.25) is 0 Å². The molecule has 0 spiro atoms. The molecule has 3 aromatic rings. The number of benzene rings is 3. The number of ether oxygens (including phenoxy) is 6. The topological polar surface area (TPSA) is 151 Å². The molecule has 5 atom stereocenters. The quantitative estimate of drug-likeness (QED) is 0.0121. The fourth-order valence-corrected chi connectivity index (χ4v) is 14.3. The summed E-state index contributed by atoms with van der Waals surface area (Å²) in [5.74, 6) is -0.320. The summed E-state index contributed by atoms with van der Waals surface area (Å²) in [6.45, 7) is 31.5. The van der Waals surface area contributed by atoms with Crippen molar-refractivity contribution < 1.29 is 42.4 Å². The molecule has 1 aliphatic rings. The van der Waals surface area contributed by atoms with Crippen molar-refractivity contribution in [3.05, 3.63) is 113 Å². The number of allylic oxidation sites excluding steroid dienone is 1. The van der Waals surface area contributed by atoms with Crippen molar-refractivity contribution in [3.63, 3.8) is 0 Å². The summed E-state index contributed by atoms with van der Waals surface area (Å²) >= 11 is 0. The Hall–Kier alpha value is -4.03. The van der Waals surface area contributed by atoms with E-state index in [0.29, 0.717) is 29.9 Å². The molecule has 4 rings (SSSR count). The van der Waals surface area contributed by atoms with E-state index in [9.17, 15) is 9.59 Å². The van der Waals surface area contributed by atoms with E-state index in [-0.39, 0.29) is 49.0 Å². The van der Waals surface area contributed by atoms with Crippen LogP contribution in [0.25, 0.3) is 16.5 Å². The molecule has 15 heteroatoms. The van der Waals surface area contributed by atoms with Crippen LogP contribution in [-0.4, -0.2) is 93.2 Å². The number of carbonyl (C=O) groups excluding carboxylic acids is 1. The average molecular weight is 1000 g/mol. The molecule has 0 aromatic heterocycles. The van der Waals surface area contributed by atoms with Crippen molar-refractivity contribution in [1.82, 2.24) is 0 Å². The van der Waals surface area contributed by atoms with E-state index in [4.69, 9.17) is 38.4 Å². The molecule has 0 bridgehead atoms. The van der Waals surface area contributed by atoms with Crippen LogP contribution in [0.4, 0.5) is 0 Å². The van der Waals surface area contributed by atoms with E-state index in [1.807, 2.05) is 62.4 Å². The van der Waals surface area contributed by atoms with Gasteiger partial charge in [0.1, 0.15) is 23.2 Å². The molecule has 1 N–H and O–H groups in total. The highest BCUT2D eigenvalue weighted by atomic mass is 28.4. The van der Waals surface area contributed by atoms with E-state index in [1.54, 1.807) is 12.1 Å². The van der Waals surface area contributed by atoms with Crippen LogP contribution >= 0.6 is 0 Å². The standard InChI is InChI=1S/C54H83N3O9Si3/c1-40(41(2)38-53(6,7)69(59,42-24-18-16-19-25-42)43-26-20-17-21-27-43)30-31-48(66-68(14,15)52(3,4)5)50-47(64-54(8,9)65-50)29-22-28-44-45(61-35-23-34-56-57-55)32-33-46(63-39-60-10)49(44)51(58)62-36-37-67(11,12)13/h16-22,24-28,30-33,40-41,47-48,50,59H,23,29,34-39H2,1-15H3/b28-22+,31-30-/t40-,41-,47+,48?,50+/m1/s1. The highest BCUT2D eigenvalue weighted by molar-refractivity contribution is 6.98. The fourth-order valence-electron chi connectivity index (χ4n) is 8.51. The Kier molecular flexibility index (Phi) is 20.8. The Morgan fingerprint density at radius 1 is 0.884 bits per heavy atom. The molecule has 1 heterocycles. The van der Waals surface area contributed by atoms with Gasteiger partial charge in [-0.15, -0.1) is 0 Å². The Balaban J connectivity index is 1.71. The van der Waals surface area contributed by atoms with Gasteiger partial charge in [0.15, 0.2) is 20.9 Å². The van der Waals surface area contributed by atoms with Crippen LogP contribution in [0.15, 0.2) is 96.1 Å². The number of esters is 1. The lowest BCUT2D eigenvalue weighted by atomic mass is 9.87. The first-order valence-electron chi connectivity index (χ1n) is 24.6. The first kappa shape index (κ1) is 57.5. The van der Waals surface area contributed by atoms with Crippen molar-refractivity contribution >= 4 is 47.1 Å². The first-order valence-corrected chi connectivity index (χ1v) is 33.1. The summed E-state index contributed by atoms with van der Waals surface area (Å²) in [5, 5.41) is 5.17. The summed E-state index contributed by atoms with van der Waals surface area (Å²) in [4.78, 5) is 29.9. The van der Waals surface area contributed by atoms with Gasteiger partial charge < -0.3 is 37.6 Å². The van der Waals surface area contributed by atoms with Crippen LogP contribution in [-0.2, 0) is 23.4 Å². The molecule has 380 valence electrons. The van der Waals surface area contributed by atoms with Gasteiger partial charge in [-0.1, -0.05) is 158 Å². The number of hydrogen-bond acceptors (Lipinski definition) is 10. The summed E-state index contributed by atoms with van der Waals surface area (Å²) in [7, 11) is -5.57. The minimum Gasteiger partial charge on any atom is -0.493 e. The zero-order valence-corrected chi connectivity index (χ0v) is 47.3. The number of nitrogens with zero attached hydrogens (tertiary/aromatic N) is 3. The van der Waals surface area contributed by atoms with Crippen LogP contribution in [0.3, 0.4) is 0 Å². The molecule has 3 aromatic carbocycles. The van der Waals surface area contributed by atoms with Gasteiger partial charge in [0, 0.05) is 32.2 Å². The summed E-state index contributed by atoms with van der Waals surface area (Å²) in [6, 6.07) is 24.7. The predicted molar refractivity (Wildman–Crippen MR) is 287 cm³/mol. The Labute approximate surface area is 417 Å². The van der Waals surface area contributed by atoms with E-state index in [1.165, 1.54) is 7.11 Å². The van der Waals surface area contributed by atoms with E-state index >= 15 is 0 Å². The third kappa shape index (κ3) is 16.0. The van der Waals surface area contributed by atoms with E-state index < -0.39 is 59.8 Å². The molecule has 0 amide bonds. The lowest BCUT2D eigenvalue weighted by molar-refractivity contribution is -0.151. The molecular weight excluding hydrogens is 919 g/mol. The summed E-state index contributed by atoms with van der Waals surface area (Å²) in [6.07, 6.45) is 8.67. The first-order chi connectivity index (χ1) is 32.3. The van der Waals surface area contributed by atoms with Crippen molar-refractivity contribution in [2.45, 2.75) is 155 Å². The van der Waals surface area contributed by atoms with Crippen LogP contribution < -0.4 is 19.8 Å². The molecule has 1 saturated heterocycles. The van der Waals surface area contributed by atoms with Crippen molar-refractivity contribution in [1.29, 1.82) is 0 Å². The number of carbonyl (C=O) groups is 1. The second kappa shape index (κ2) is 24.9. The monoisotopic (exact) mass is 1000 g/mol. The fraction of sp³-hybridized carbons (Fsp3) is 0.574. The van der Waals surface area contributed by atoms with Crippen LogP contribution in [0, 0.1) is 11.8 Å². The lowest BCUT2D eigenvalue weighted by Gasteiger charge is -2.43. The van der Waals surface area contributed by atoms with Crippen LogP contribution in [0.2, 0.25) is 48.9 Å². The molecule has 1 fully saturated rings. The number of rotatable bonds is 26. The van der Waals surface area contributed by atoms with Gasteiger partial charge in [-0.25, -0.2) is 4.79 Å². The lowest BCUT2D eigenvalue weighted by Crippen LogP contribution is -2.65. The molecule has 12 nitrogen and oxygen atoms in total. The second-order valence-electron chi connectivity index (χ2n) is 22.4. The Morgan fingerprint density at radius 3 is 2.06 bits per heavy atom. The maximum atomic E-state index is 14.0. The Bertz CT molecular complexity index is 2160. The minimum atomic E-state index is -3.21. The molecule has 1 aliphatic heterocycles. The number of hydrogen-bond donors (Lipinski definition) is 1. The highest BCUT2D eigenvalue weighted by Crippen LogP contribution is 2.44. The molecule has 1 unspecified atom stereocenters.